The molecule has 0 aromatic carbocycles. The van der Waals surface area contributed by atoms with Crippen molar-refractivity contribution in [3.63, 3.8) is 0 Å². The number of allylic oxidation sites excluding steroid dienone is 3. The van der Waals surface area contributed by atoms with Crippen LogP contribution in [0.2, 0.25) is 0 Å². The van der Waals surface area contributed by atoms with Gasteiger partial charge in [-0.25, -0.2) is 4.79 Å². The SMILES string of the molecule is CC=CC=CC(=O)N1CCCC2(C1)NC(=O)NC2=O. The normalized spacial score (nSPS) is 27.3. The van der Waals surface area contributed by atoms with E-state index in [9.17, 15) is 14.4 Å². The summed E-state index contributed by atoms with van der Waals surface area (Å²) in [4.78, 5) is 36.6. The summed E-state index contributed by atoms with van der Waals surface area (Å²) in [6.45, 7) is 2.69. The maximum Gasteiger partial charge on any atom is 0.322 e. The standard InChI is InChI=1S/C13H17N3O3/c1-2-3-4-6-10(17)16-8-5-7-13(9-16)11(18)14-12(19)15-13/h2-4,6H,5,7-9H2,1H3,(H2,14,15,18,19). The highest BCUT2D eigenvalue weighted by Gasteiger charge is 2.49. The lowest BCUT2D eigenvalue weighted by Gasteiger charge is -2.37. The van der Waals surface area contributed by atoms with E-state index in [1.54, 1.807) is 17.1 Å². The first-order valence-electron chi connectivity index (χ1n) is 6.29. The minimum Gasteiger partial charge on any atom is -0.336 e. The Kier molecular flexibility index (Phi) is 3.69. The molecule has 0 radical (unpaired) electrons. The highest BCUT2D eigenvalue weighted by Crippen LogP contribution is 2.24. The zero-order valence-electron chi connectivity index (χ0n) is 10.8. The third kappa shape index (κ3) is 2.67. The molecule has 2 aliphatic rings. The largest absolute Gasteiger partial charge is 0.336 e. The summed E-state index contributed by atoms with van der Waals surface area (Å²) >= 11 is 0. The monoisotopic (exact) mass is 263 g/mol. The summed E-state index contributed by atoms with van der Waals surface area (Å²) in [6, 6.07) is -0.483. The van der Waals surface area contributed by atoms with Gasteiger partial charge in [-0.05, 0) is 19.8 Å². The molecule has 1 atom stereocenters. The molecule has 0 saturated carbocycles. The minimum absolute atomic E-state index is 0.147. The zero-order chi connectivity index (χ0) is 13.9. The highest BCUT2D eigenvalue weighted by molar-refractivity contribution is 6.07. The van der Waals surface area contributed by atoms with E-state index in [1.807, 2.05) is 13.0 Å². The molecule has 2 aliphatic heterocycles. The molecule has 19 heavy (non-hydrogen) atoms. The van der Waals surface area contributed by atoms with E-state index in [4.69, 9.17) is 0 Å². The second-order valence-electron chi connectivity index (χ2n) is 4.74. The molecule has 0 aromatic rings. The summed E-state index contributed by atoms with van der Waals surface area (Å²) < 4.78 is 0. The Morgan fingerprint density at radius 3 is 2.79 bits per heavy atom. The Morgan fingerprint density at radius 2 is 2.16 bits per heavy atom. The molecule has 1 unspecified atom stereocenters. The third-order valence-electron chi connectivity index (χ3n) is 3.36. The first-order chi connectivity index (χ1) is 9.07. The van der Waals surface area contributed by atoms with Crippen molar-refractivity contribution in [2.24, 2.45) is 0 Å². The smallest absolute Gasteiger partial charge is 0.322 e. The quantitative estimate of drug-likeness (QED) is 0.428. The number of carbonyl (C=O) groups is 3. The number of amides is 4. The van der Waals surface area contributed by atoms with Gasteiger partial charge in [0.1, 0.15) is 5.54 Å². The van der Waals surface area contributed by atoms with E-state index >= 15 is 0 Å². The lowest BCUT2D eigenvalue weighted by Crippen LogP contribution is -2.59. The van der Waals surface area contributed by atoms with E-state index in [2.05, 4.69) is 10.6 Å². The topological polar surface area (TPSA) is 78.5 Å². The van der Waals surface area contributed by atoms with Crippen LogP contribution in [0.15, 0.2) is 24.3 Å². The number of hydrogen-bond donors (Lipinski definition) is 2. The fourth-order valence-electron chi connectivity index (χ4n) is 2.41. The summed E-state index contributed by atoms with van der Waals surface area (Å²) in [5.74, 6) is -0.487. The van der Waals surface area contributed by atoms with Crippen LogP contribution < -0.4 is 10.6 Å². The first-order valence-corrected chi connectivity index (χ1v) is 6.29. The summed E-state index contributed by atoms with van der Waals surface area (Å²) in [5, 5.41) is 4.87. The molecule has 6 nitrogen and oxygen atoms in total. The van der Waals surface area contributed by atoms with Crippen LogP contribution in [0.25, 0.3) is 0 Å². The number of urea groups is 1. The maximum absolute atomic E-state index is 12.0. The van der Waals surface area contributed by atoms with Crippen LogP contribution in [-0.2, 0) is 9.59 Å². The number of rotatable bonds is 2. The molecule has 2 fully saturated rings. The van der Waals surface area contributed by atoms with E-state index < -0.39 is 11.6 Å². The van der Waals surface area contributed by atoms with Gasteiger partial charge < -0.3 is 10.2 Å². The molecule has 102 valence electrons. The van der Waals surface area contributed by atoms with Gasteiger partial charge in [0.15, 0.2) is 0 Å². The number of piperidine rings is 1. The van der Waals surface area contributed by atoms with Crippen LogP contribution in [0.3, 0.4) is 0 Å². The Labute approximate surface area is 111 Å². The number of hydrogen-bond acceptors (Lipinski definition) is 3. The molecule has 0 bridgehead atoms. The number of nitrogens with zero attached hydrogens (tertiary/aromatic N) is 1. The van der Waals surface area contributed by atoms with Crippen LogP contribution in [0.4, 0.5) is 4.79 Å². The van der Waals surface area contributed by atoms with Gasteiger partial charge >= 0.3 is 6.03 Å². The Hall–Kier alpha value is -2.11. The van der Waals surface area contributed by atoms with E-state index in [1.165, 1.54) is 6.08 Å². The van der Waals surface area contributed by atoms with Crippen LogP contribution >= 0.6 is 0 Å². The maximum atomic E-state index is 12.0. The third-order valence-corrected chi connectivity index (χ3v) is 3.36. The summed E-state index contributed by atoms with van der Waals surface area (Å²) in [5.41, 5.74) is -0.945. The van der Waals surface area contributed by atoms with Crippen LogP contribution in [0.1, 0.15) is 19.8 Å². The molecular weight excluding hydrogens is 246 g/mol. The van der Waals surface area contributed by atoms with Crippen molar-refractivity contribution < 1.29 is 14.4 Å². The van der Waals surface area contributed by atoms with Crippen molar-refractivity contribution in [1.29, 1.82) is 0 Å². The molecule has 6 heteroatoms. The average molecular weight is 263 g/mol. The molecule has 2 heterocycles. The Balaban J connectivity index is 2.07. The van der Waals surface area contributed by atoms with Gasteiger partial charge in [-0.15, -0.1) is 0 Å². The van der Waals surface area contributed by atoms with Gasteiger partial charge in [-0.2, -0.15) is 0 Å². The molecule has 2 rings (SSSR count). The predicted octanol–water partition coefficient (Wildman–Crippen LogP) is 0.319. The van der Waals surface area contributed by atoms with Gasteiger partial charge in [-0.3, -0.25) is 14.9 Å². The van der Waals surface area contributed by atoms with E-state index in [0.29, 0.717) is 19.4 Å². The van der Waals surface area contributed by atoms with Gasteiger partial charge in [-0.1, -0.05) is 18.2 Å². The predicted molar refractivity (Wildman–Crippen MR) is 69.2 cm³/mol. The fraction of sp³-hybridized carbons (Fsp3) is 0.462. The lowest BCUT2D eigenvalue weighted by atomic mass is 9.89. The molecule has 4 amide bonds. The van der Waals surface area contributed by atoms with Crippen LogP contribution in [0, 0.1) is 0 Å². The van der Waals surface area contributed by atoms with E-state index in [-0.39, 0.29) is 18.4 Å². The van der Waals surface area contributed by atoms with Crippen molar-refractivity contribution in [2.75, 3.05) is 13.1 Å². The molecule has 0 aliphatic carbocycles. The number of carbonyl (C=O) groups excluding carboxylic acids is 3. The number of nitrogens with one attached hydrogen (secondary N) is 2. The molecule has 1 spiro atoms. The fourth-order valence-corrected chi connectivity index (χ4v) is 2.41. The summed E-state index contributed by atoms with van der Waals surface area (Å²) in [6.07, 6.45) is 7.97. The molecular formula is C13H17N3O3. The van der Waals surface area contributed by atoms with Crippen LogP contribution in [0.5, 0.6) is 0 Å². The van der Waals surface area contributed by atoms with Gasteiger partial charge in [0, 0.05) is 12.6 Å². The Bertz CT molecular complexity index is 470. The van der Waals surface area contributed by atoms with Gasteiger partial charge in [0.05, 0.1) is 6.54 Å². The minimum atomic E-state index is -0.945. The van der Waals surface area contributed by atoms with Crippen molar-refractivity contribution in [3.05, 3.63) is 24.3 Å². The molecule has 2 saturated heterocycles. The van der Waals surface area contributed by atoms with Crippen molar-refractivity contribution in [1.82, 2.24) is 15.5 Å². The van der Waals surface area contributed by atoms with Crippen molar-refractivity contribution >= 4 is 17.8 Å². The highest BCUT2D eigenvalue weighted by atomic mass is 16.2. The average Bonchev–Trinajstić information content (AvgIpc) is 2.64. The molecule has 2 N–H and O–H groups in total. The number of likely N-dealkylation sites (tertiary alicyclic amines) is 1. The van der Waals surface area contributed by atoms with Crippen LogP contribution in [-0.4, -0.2) is 41.4 Å². The van der Waals surface area contributed by atoms with Crippen molar-refractivity contribution in [2.45, 2.75) is 25.3 Å². The van der Waals surface area contributed by atoms with Gasteiger partial charge in [0.2, 0.25) is 5.91 Å². The lowest BCUT2D eigenvalue weighted by molar-refractivity contribution is -0.132. The zero-order valence-corrected chi connectivity index (χ0v) is 10.8. The second-order valence-corrected chi connectivity index (χ2v) is 4.74. The number of imide groups is 1. The Morgan fingerprint density at radius 1 is 1.37 bits per heavy atom. The first kappa shape index (κ1) is 13.3. The van der Waals surface area contributed by atoms with Crippen molar-refractivity contribution in [3.8, 4) is 0 Å². The summed E-state index contributed by atoms with van der Waals surface area (Å²) in [7, 11) is 0. The molecule has 0 aromatic heterocycles. The second kappa shape index (κ2) is 5.26. The van der Waals surface area contributed by atoms with Gasteiger partial charge in [0.25, 0.3) is 5.91 Å². The van der Waals surface area contributed by atoms with E-state index in [0.717, 1.165) is 0 Å².